The van der Waals surface area contributed by atoms with Crippen molar-refractivity contribution in [1.29, 1.82) is 0 Å². The molecule has 6 N–H and O–H groups in total. The Morgan fingerprint density at radius 3 is 1.26 bits per heavy atom. The fourth-order valence-electron chi connectivity index (χ4n) is 1.21. The molecular formula is C26H40O9. The molecule has 0 aromatic heterocycles. The van der Waals surface area contributed by atoms with Gasteiger partial charge in [0, 0.05) is 42.5 Å². The SMILES string of the molecule is C=C(C)C(=O)O.C=C(C)C(=O)O.C=C(C)C(=O)O.C=Cc1ccccc1.OCCCC(CO)CO. The molecule has 0 fully saturated rings. The number of hydrogen-bond acceptors (Lipinski definition) is 6. The van der Waals surface area contributed by atoms with E-state index >= 15 is 0 Å². The molecule has 0 saturated carbocycles. The molecule has 9 nitrogen and oxygen atoms in total. The zero-order valence-electron chi connectivity index (χ0n) is 20.8. The van der Waals surface area contributed by atoms with Crippen molar-refractivity contribution in [3.63, 3.8) is 0 Å². The predicted octanol–water partition coefficient (Wildman–Crippen LogP) is 3.63. The Hall–Kier alpha value is -3.53. The molecule has 0 aliphatic heterocycles. The van der Waals surface area contributed by atoms with Crippen LogP contribution in [0.15, 0.2) is 73.4 Å². The highest BCUT2D eigenvalue weighted by molar-refractivity contribution is 5.85. The highest BCUT2D eigenvalue weighted by atomic mass is 16.4. The number of aliphatic hydroxyl groups excluding tert-OH is 3. The van der Waals surface area contributed by atoms with E-state index < -0.39 is 17.9 Å². The van der Waals surface area contributed by atoms with E-state index in [1.807, 2.05) is 36.4 Å². The third-order valence-corrected chi connectivity index (χ3v) is 3.42. The first-order chi connectivity index (χ1) is 16.2. The average Bonchev–Trinajstić information content (AvgIpc) is 2.81. The minimum absolute atomic E-state index is 0.0104. The van der Waals surface area contributed by atoms with E-state index in [0.29, 0.717) is 12.8 Å². The highest BCUT2D eigenvalue weighted by Crippen LogP contribution is 2.02. The molecule has 0 amide bonds. The molecule has 0 bridgehead atoms. The number of carboxylic acids is 3. The number of carbonyl (C=O) groups is 3. The third-order valence-electron chi connectivity index (χ3n) is 3.42. The molecule has 1 aromatic rings. The standard InChI is InChI=1S/C8H8.C6H14O3.3C4H6O2/c1-2-8-6-4-3-5-7-8;7-3-1-2-6(4-8)5-9;3*1-3(2)4(5)6/h2-7H,1H2;6-9H,1-5H2;3*1H2,2H3,(H,5,6). The Labute approximate surface area is 207 Å². The van der Waals surface area contributed by atoms with Crippen molar-refractivity contribution in [1.82, 2.24) is 0 Å². The highest BCUT2D eigenvalue weighted by Gasteiger charge is 2.03. The molecule has 0 aliphatic rings. The summed E-state index contributed by atoms with van der Waals surface area (Å²) in [6, 6.07) is 10.0. The van der Waals surface area contributed by atoms with Gasteiger partial charge in [-0.2, -0.15) is 0 Å². The molecule has 0 saturated heterocycles. The predicted molar refractivity (Wildman–Crippen MR) is 138 cm³/mol. The second-order valence-electron chi connectivity index (χ2n) is 6.97. The van der Waals surface area contributed by atoms with Crippen molar-refractivity contribution in [2.45, 2.75) is 33.6 Å². The van der Waals surface area contributed by atoms with Gasteiger partial charge in [0.2, 0.25) is 0 Å². The second kappa shape index (κ2) is 26.7. The number of hydrogen-bond donors (Lipinski definition) is 6. The molecule has 9 heteroatoms. The molecule has 0 heterocycles. The summed E-state index contributed by atoms with van der Waals surface area (Å²) >= 11 is 0. The Morgan fingerprint density at radius 1 is 0.771 bits per heavy atom. The zero-order valence-corrected chi connectivity index (χ0v) is 20.8. The van der Waals surface area contributed by atoms with Crippen LogP contribution < -0.4 is 0 Å². The lowest BCUT2D eigenvalue weighted by Crippen LogP contribution is -2.11. The molecule has 0 atom stereocenters. The van der Waals surface area contributed by atoms with Crippen LogP contribution >= 0.6 is 0 Å². The van der Waals surface area contributed by atoms with Crippen molar-refractivity contribution >= 4 is 24.0 Å². The second-order valence-corrected chi connectivity index (χ2v) is 6.97. The lowest BCUT2D eigenvalue weighted by molar-refractivity contribution is -0.133. The molecule has 0 aliphatic carbocycles. The van der Waals surface area contributed by atoms with Gasteiger partial charge in [-0.05, 0) is 39.2 Å². The maximum Gasteiger partial charge on any atom is 0.330 e. The Morgan fingerprint density at radius 2 is 1.09 bits per heavy atom. The largest absolute Gasteiger partial charge is 0.478 e. The summed E-state index contributed by atoms with van der Waals surface area (Å²) in [4.78, 5) is 28.8. The summed E-state index contributed by atoms with van der Waals surface area (Å²) in [5.74, 6) is -2.85. The van der Waals surface area contributed by atoms with Gasteiger partial charge in [0.25, 0.3) is 0 Å². The number of benzene rings is 1. The maximum atomic E-state index is 9.60. The average molecular weight is 497 g/mol. The lowest BCUT2D eigenvalue weighted by Gasteiger charge is -2.07. The lowest BCUT2D eigenvalue weighted by atomic mass is 10.1. The van der Waals surface area contributed by atoms with E-state index in [1.165, 1.54) is 26.3 Å². The van der Waals surface area contributed by atoms with Gasteiger partial charge in [-0.1, -0.05) is 62.7 Å². The van der Waals surface area contributed by atoms with Crippen LogP contribution in [0.2, 0.25) is 0 Å². The van der Waals surface area contributed by atoms with E-state index in [0.717, 1.165) is 0 Å². The van der Waals surface area contributed by atoms with E-state index in [1.54, 1.807) is 0 Å². The van der Waals surface area contributed by atoms with Gasteiger partial charge in [0.15, 0.2) is 0 Å². The first kappa shape index (κ1) is 38.7. The summed E-state index contributed by atoms with van der Waals surface area (Å²) < 4.78 is 0. The van der Waals surface area contributed by atoms with Crippen LogP contribution in [0.5, 0.6) is 0 Å². The van der Waals surface area contributed by atoms with Crippen LogP contribution in [0.1, 0.15) is 39.2 Å². The Bertz CT molecular complexity index is 671. The van der Waals surface area contributed by atoms with Crippen LogP contribution in [0.3, 0.4) is 0 Å². The van der Waals surface area contributed by atoms with Crippen molar-refractivity contribution in [2.24, 2.45) is 5.92 Å². The minimum atomic E-state index is -0.935. The monoisotopic (exact) mass is 496 g/mol. The van der Waals surface area contributed by atoms with Gasteiger partial charge < -0.3 is 30.6 Å². The molecule has 35 heavy (non-hydrogen) atoms. The van der Waals surface area contributed by atoms with E-state index in [-0.39, 0.29) is 42.5 Å². The quantitative estimate of drug-likeness (QED) is 0.279. The summed E-state index contributed by atoms with van der Waals surface area (Å²) in [6.07, 6.45) is 3.19. The van der Waals surface area contributed by atoms with E-state index in [4.69, 9.17) is 30.6 Å². The zero-order chi connectivity index (χ0) is 28.4. The van der Waals surface area contributed by atoms with Crippen molar-refractivity contribution in [2.75, 3.05) is 19.8 Å². The topological polar surface area (TPSA) is 173 Å². The number of carboxylic acid groups (broad SMARTS) is 3. The molecule has 0 unspecified atom stereocenters. The van der Waals surface area contributed by atoms with Crippen molar-refractivity contribution in [3.8, 4) is 0 Å². The molecular weight excluding hydrogens is 456 g/mol. The molecule has 198 valence electrons. The van der Waals surface area contributed by atoms with Crippen LogP contribution in [0, 0.1) is 5.92 Å². The van der Waals surface area contributed by atoms with Gasteiger partial charge in [-0.25, -0.2) is 14.4 Å². The summed E-state index contributed by atoms with van der Waals surface area (Å²) in [5, 5.41) is 49.0. The summed E-state index contributed by atoms with van der Waals surface area (Å²) in [5.41, 5.74) is 1.70. The normalized spacial score (nSPS) is 8.54. The first-order valence-electron chi connectivity index (χ1n) is 10.4. The van der Waals surface area contributed by atoms with Crippen molar-refractivity contribution in [3.05, 3.63) is 78.9 Å². The van der Waals surface area contributed by atoms with Crippen LogP contribution in [0.4, 0.5) is 0 Å². The number of aliphatic carboxylic acids is 3. The number of aliphatic hydroxyl groups is 3. The smallest absolute Gasteiger partial charge is 0.330 e. The minimum Gasteiger partial charge on any atom is -0.478 e. The van der Waals surface area contributed by atoms with Crippen LogP contribution in [-0.2, 0) is 14.4 Å². The number of rotatable bonds is 9. The third kappa shape index (κ3) is 35.2. The molecule has 0 spiro atoms. The van der Waals surface area contributed by atoms with E-state index in [9.17, 15) is 14.4 Å². The first-order valence-corrected chi connectivity index (χ1v) is 10.4. The van der Waals surface area contributed by atoms with Crippen molar-refractivity contribution < 1.29 is 45.0 Å². The van der Waals surface area contributed by atoms with Crippen LogP contribution in [-0.4, -0.2) is 68.4 Å². The fraction of sp³-hybridized carbons (Fsp3) is 0.346. The maximum absolute atomic E-state index is 9.60. The molecule has 0 radical (unpaired) electrons. The van der Waals surface area contributed by atoms with Gasteiger partial charge >= 0.3 is 17.9 Å². The molecule has 1 rings (SSSR count). The van der Waals surface area contributed by atoms with Gasteiger partial charge in [-0.3, -0.25) is 0 Å². The molecule has 1 aromatic carbocycles. The fourth-order valence-corrected chi connectivity index (χ4v) is 1.21. The van der Waals surface area contributed by atoms with Gasteiger partial charge in [0.1, 0.15) is 0 Å². The summed E-state index contributed by atoms with van der Waals surface area (Å²) in [7, 11) is 0. The van der Waals surface area contributed by atoms with Gasteiger partial charge in [0.05, 0.1) is 0 Å². The Balaban J connectivity index is -0.000000174. The Kier molecular flexibility index (Phi) is 29.6. The van der Waals surface area contributed by atoms with Gasteiger partial charge in [-0.15, -0.1) is 0 Å². The summed E-state index contributed by atoms with van der Waals surface area (Å²) in [6.45, 7) is 17.6. The van der Waals surface area contributed by atoms with Crippen LogP contribution in [0.25, 0.3) is 6.08 Å². The van der Waals surface area contributed by atoms with E-state index in [2.05, 4.69) is 26.3 Å².